The Balaban J connectivity index is 1.72. The van der Waals surface area contributed by atoms with E-state index in [0.717, 1.165) is 10.5 Å². The Kier molecular flexibility index (Phi) is 3.72. The smallest absolute Gasteiger partial charge is 0.411 e. The first-order chi connectivity index (χ1) is 10.5. The van der Waals surface area contributed by atoms with Crippen molar-refractivity contribution in [2.24, 2.45) is 5.92 Å². The molecule has 1 N–H and O–H groups in total. The van der Waals surface area contributed by atoms with E-state index in [1.165, 1.54) is 0 Å². The molecule has 2 aliphatic rings. The molecule has 5 atom stereocenters. The number of likely N-dealkylation sites (tertiary alicyclic amines) is 1. The number of aliphatic carboxylic acids is 1. The number of fused-ring (bicyclic) bond motifs is 2. The molecule has 0 spiro atoms. The van der Waals surface area contributed by atoms with Crippen LogP contribution in [-0.2, 0) is 16.1 Å². The lowest BCUT2D eigenvalue weighted by Gasteiger charge is -2.35. The summed E-state index contributed by atoms with van der Waals surface area (Å²) in [6, 6.07) is 6.40. The molecule has 2 bridgehead atoms. The summed E-state index contributed by atoms with van der Waals surface area (Å²) in [4.78, 5) is 24.3. The summed E-state index contributed by atoms with van der Waals surface area (Å²) in [5.74, 6) is -2.35. The first kappa shape index (κ1) is 14.7. The highest BCUT2D eigenvalue weighted by molar-refractivity contribution is 5.82. The summed E-state index contributed by atoms with van der Waals surface area (Å²) < 4.78 is 32.6. The zero-order valence-electron chi connectivity index (χ0n) is 11.6. The number of rotatable bonds is 3. The van der Waals surface area contributed by atoms with Crippen LogP contribution in [0.3, 0.4) is 0 Å². The van der Waals surface area contributed by atoms with E-state index in [-0.39, 0.29) is 13.0 Å². The number of carbonyl (C=O) groups excluding carboxylic acids is 1. The van der Waals surface area contributed by atoms with Gasteiger partial charge in [0.1, 0.15) is 18.8 Å². The second-order valence-corrected chi connectivity index (χ2v) is 5.59. The van der Waals surface area contributed by atoms with E-state index in [9.17, 15) is 23.5 Å². The number of hydrogen-bond donors (Lipinski definition) is 1. The monoisotopic (exact) mass is 311 g/mol. The van der Waals surface area contributed by atoms with E-state index in [2.05, 4.69) is 0 Å². The number of carbonyl (C=O) groups is 2. The van der Waals surface area contributed by atoms with Crippen LogP contribution in [0.4, 0.5) is 13.6 Å². The molecule has 1 saturated heterocycles. The van der Waals surface area contributed by atoms with Gasteiger partial charge < -0.3 is 9.84 Å². The number of piperidine rings is 1. The van der Waals surface area contributed by atoms with Gasteiger partial charge in [0.25, 0.3) is 0 Å². The van der Waals surface area contributed by atoms with E-state index < -0.39 is 42.4 Å². The maximum atomic E-state index is 13.8. The second-order valence-electron chi connectivity index (χ2n) is 5.59. The SMILES string of the molecule is O=C(O)[C@@H]1[C@@H]2C[C@H]([C@H](F)[C@@H]2F)N1C(=O)OCc1ccccc1. The maximum Gasteiger partial charge on any atom is 0.411 e. The molecule has 5 nitrogen and oxygen atoms in total. The minimum atomic E-state index is -1.86. The first-order valence-corrected chi connectivity index (χ1v) is 7.00. The van der Waals surface area contributed by atoms with Crippen LogP contribution in [-0.4, -0.2) is 46.5 Å². The van der Waals surface area contributed by atoms with Crippen molar-refractivity contribution >= 4 is 12.1 Å². The molecule has 0 unspecified atom stereocenters. The van der Waals surface area contributed by atoms with Crippen LogP contribution in [0.1, 0.15) is 12.0 Å². The molecule has 1 aromatic rings. The highest BCUT2D eigenvalue weighted by Gasteiger charge is 2.62. The Hall–Kier alpha value is -2.18. The molecule has 1 aliphatic heterocycles. The summed E-state index contributed by atoms with van der Waals surface area (Å²) in [6.07, 6.45) is -4.60. The average molecular weight is 311 g/mol. The lowest BCUT2D eigenvalue weighted by Crippen LogP contribution is -2.56. The standard InChI is InChI=1S/C15H15F2NO4/c16-11-9-6-10(12(11)17)18(13(9)14(19)20)15(21)22-7-8-4-2-1-3-5-8/h1-5,9-13H,6-7H2,(H,19,20)/t9-,10-,11-,12+,13+/m1/s1. The number of ether oxygens (including phenoxy) is 1. The summed E-state index contributed by atoms with van der Waals surface area (Å²) in [7, 11) is 0. The van der Waals surface area contributed by atoms with Gasteiger partial charge >= 0.3 is 12.1 Å². The van der Waals surface area contributed by atoms with E-state index in [0.29, 0.717) is 0 Å². The van der Waals surface area contributed by atoms with Gasteiger partial charge in [-0.25, -0.2) is 18.4 Å². The third-order valence-corrected chi connectivity index (χ3v) is 4.33. The van der Waals surface area contributed by atoms with E-state index in [1.807, 2.05) is 0 Å². The molecule has 1 aliphatic carbocycles. The van der Waals surface area contributed by atoms with Crippen molar-refractivity contribution in [3.8, 4) is 0 Å². The van der Waals surface area contributed by atoms with Crippen LogP contribution in [0.2, 0.25) is 0 Å². The normalized spacial score (nSPS) is 33.0. The molecule has 118 valence electrons. The molecule has 1 aromatic carbocycles. The molecule has 7 heteroatoms. The zero-order chi connectivity index (χ0) is 15.9. The largest absolute Gasteiger partial charge is 0.480 e. The third-order valence-electron chi connectivity index (χ3n) is 4.33. The quantitative estimate of drug-likeness (QED) is 0.929. The zero-order valence-corrected chi connectivity index (χ0v) is 11.6. The number of halogens is 2. The van der Waals surface area contributed by atoms with E-state index in [1.54, 1.807) is 30.3 Å². The van der Waals surface area contributed by atoms with Crippen molar-refractivity contribution in [3.63, 3.8) is 0 Å². The van der Waals surface area contributed by atoms with Gasteiger partial charge in [0, 0.05) is 5.92 Å². The van der Waals surface area contributed by atoms with Crippen molar-refractivity contribution in [1.29, 1.82) is 0 Å². The van der Waals surface area contributed by atoms with Crippen LogP contribution in [0, 0.1) is 5.92 Å². The van der Waals surface area contributed by atoms with Gasteiger partial charge in [-0.05, 0) is 12.0 Å². The summed E-state index contributed by atoms with van der Waals surface area (Å²) in [6.45, 7) is -0.0457. The Bertz CT molecular complexity index is 582. The van der Waals surface area contributed by atoms with Gasteiger partial charge in [-0.1, -0.05) is 30.3 Å². The van der Waals surface area contributed by atoms with E-state index in [4.69, 9.17) is 4.74 Å². The van der Waals surface area contributed by atoms with Crippen LogP contribution in [0.15, 0.2) is 30.3 Å². The molecule has 1 heterocycles. The van der Waals surface area contributed by atoms with Crippen molar-refractivity contribution < 1.29 is 28.2 Å². The maximum absolute atomic E-state index is 13.8. The molecule has 0 aromatic heterocycles. The number of alkyl halides is 2. The number of benzene rings is 1. The minimum absolute atomic E-state index is 0.0136. The molecule has 1 saturated carbocycles. The van der Waals surface area contributed by atoms with Gasteiger partial charge in [-0.15, -0.1) is 0 Å². The van der Waals surface area contributed by atoms with Crippen LogP contribution in [0.25, 0.3) is 0 Å². The van der Waals surface area contributed by atoms with Crippen molar-refractivity contribution in [2.75, 3.05) is 0 Å². The minimum Gasteiger partial charge on any atom is -0.480 e. The number of carboxylic acids is 1. The van der Waals surface area contributed by atoms with Crippen molar-refractivity contribution in [1.82, 2.24) is 4.90 Å². The number of hydrogen-bond acceptors (Lipinski definition) is 3. The highest BCUT2D eigenvalue weighted by Crippen LogP contribution is 2.46. The predicted octanol–water partition coefficient (Wildman–Crippen LogP) is 2.16. The molecule has 22 heavy (non-hydrogen) atoms. The predicted molar refractivity (Wildman–Crippen MR) is 71.6 cm³/mol. The fourth-order valence-electron chi connectivity index (χ4n) is 3.31. The summed E-state index contributed by atoms with van der Waals surface area (Å²) >= 11 is 0. The van der Waals surface area contributed by atoms with E-state index >= 15 is 0 Å². The van der Waals surface area contributed by atoms with Crippen molar-refractivity contribution in [3.05, 3.63) is 35.9 Å². The molecular formula is C15H15F2NO4. The second kappa shape index (κ2) is 5.55. The van der Waals surface area contributed by atoms with Gasteiger partial charge in [-0.2, -0.15) is 0 Å². The van der Waals surface area contributed by atoms with Crippen LogP contribution < -0.4 is 0 Å². The highest BCUT2D eigenvalue weighted by atomic mass is 19.2. The van der Waals surface area contributed by atoms with Gasteiger partial charge in [-0.3, -0.25) is 4.90 Å². The molecule has 0 radical (unpaired) electrons. The fourth-order valence-corrected chi connectivity index (χ4v) is 3.31. The fraction of sp³-hybridized carbons (Fsp3) is 0.467. The summed E-state index contributed by atoms with van der Waals surface area (Å²) in [5.41, 5.74) is 0.729. The third kappa shape index (κ3) is 2.30. The summed E-state index contributed by atoms with van der Waals surface area (Å²) in [5, 5.41) is 9.21. The van der Waals surface area contributed by atoms with Gasteiger partial charge in [0.05, 0.1) is 6.04 Å². The molecule has 1 amide bonds. The number of amides is 1. The Labute approximate surface area is 125 Å². The van der Waals surface area contributed by atoms with Crippen LogP contribution >= 0.6 is 0 Å². The number of nitrogens with zero attached hydrogens (tertiary/aromatic N) is 1. The molecule has 3 rings (SSSR count). The van der Waals surface area contributed by atoms with Crippen molar-refractivity contribution in [2.45, 2.75) is 37.5 Å². The first-order valence-electron chi connectivity index (χ1n) is 7.00. The average Bonchev–Trinajstić information content (AvgIpc) is 3.03. The lowest BCUT2D eigenvalue weighted by molar-refractivity contribution is -0.146. The van der Waals surface area contributed by atoms with Gasteiger partial charge in [0.15, 0.2) is 6.17 Å². The molecule has 2 fully saturated rings. The Morgan fingerprint density at radius 1 is 1.23 bits per heavy atom. The van der Waals surface area contributed by atoms with Crippen LogP contribution in [0.5, 0.6) is 0 Å². The lowest BCUT2D eigenvalue weighted by atomic mass is 9.96. The number of carboxylic acid groups (broad SMARTS) is 1. The Morgan fingerprint density at radius 2 is 1.91 bits per heavy atom. The Morgan fingerprint density at radius 3 is 2.55 bits per heavy atom. The van der Waals surface area contributed by atoms with Gasteiger partial charge in [0.2, 0.25) is 0 Å². The topological polar surface area (TPSA) is 66.8 Å². The molecular weight excluding hydrogens is 296 g/mol.